The molecule has 0 aliphatic carbocycles. The number of para-hydroxylation sites is 2. The van der Waals surface area contributed by atoms with Crippen molar-refractivity contribution in [3.63, 3.8) is 0 Å². The Balaban J connectivity index is 1.52. The molecule has 0 spiro atoms. The SMILES string of the molecule is CN(c1ccccc1)c1ccc(C=NN(Cc2ccccc2)c2ccccc2)cc1. The zero-order valence-electron chi connectivity index (χ0n) is 17.1. The maximum absolute atomic E-state index is 4.79. The third-order valence-electron chi connectivity index (χ3n) is 5.00. The lowest BCUT2D eigenvalue weighted by molar-refractivity contribution is 0.858. The highest BCUT2D eigenvalue weighted by molar-refractivity contribution is 5.81. The quantitative estimate of drug-likeness (QED) is 0.265. The summed E-state index contributed by atoms with van der Waals surface area (Å²) in [4.78, 5) is 2.17. The van der Waals surface area contributed by atoms with Gasteiger partial charge in [0.05, 0.1) is 18.4 Å². The molecule has 148 valence electrons. The summed E-state index contributed by atoms with van der Waals surface area (Å²) in [5, 5.41) is 6.81. The zero-order chi connectivity index (χ0) is 20.6. The Labute approximate surface area is 178 Å². The van der Waals surface area contributed by atoms with Crippen LogP contribution in [-0.2, 0) is 6.54 Å². The van der Waals surface area contributed by atoms with Crippen molar-refractivity contribution in [3.05, 3.63) is 126 Å². The number of hydrazone groups is 1. The number of rotatable bonds is 7. The third kappa shape index (κ3) is 4.95. The number of nitrogens with zero attached hydrogens (tertiary/aromatic N) is 3. The van der Waals surface area contributed by atoms with Gasteiger partial charge in [0.15, 0.2) is 0 Å². The van der Waals surface area contributed by atoms with Crippen LogP contribution in [0, 0.1) is 0 Å². The molecule has 0 aromatic heterocycles. The van der Waals surface area contributed by atoms with Gasteiger partial charge in [-0.1, -0.05) is 78.9 Å². The summed E-state index contributed by atoms with van der Waals surface area (Å²) in [6, 6.07) is 39.5. The van der Waals surface area contributed by atoms with Crippen LogP contribution in [0.2, 0.25) is 0 Å². The molecule has 0 unspecified atom stereocenters. The van der Waals surface area contributed by atoms with E-state index < -0.39 is 0 Å². The van der Waals surface area contributed by atoms with E-state index in [0.717, 1.165) is 29.2 Å². The van der Waals surface area contributed by atoms with Crippen LogP contribution in [0.15, 0.2) is 120 Å². The summed E-state index contributed by atoms with van der Waals surface area (Å²) in [5.74, 6) is 0. The highest BCUT2D eigenvalue weighted by Crippen LogP contribution is 2.23. The fourth-order valence-electron chi connectivity index (χ4n) is 3.28. The zero-order valence-corrected chi connectivity index (χ0v) is 17.1. The molecule has 3 nitrogen and oxygen atoms in total. The van der Waals surface area contributed by atoms with Crippen molar-refractivity contribution >= 4 is 23.3 Å². The molecule has 4 aromatic carbocycles. The van der Waals surface area contributed by atoms with Crippen molar-refractivity contribution in [2.24, 2.45) is 5.10 Å². The van der Waals surface area contributed by atoms with Crippen LogP contribution in [0.25, 0.3) is 0 Å². The van der Waals surface area contributed by atoms with Crippen LogP contribution in [0.4, 0.5) is 17.1 Å². The fraction of sp³-hybridized carbons (Fsp3) is 0.0741. The van der Waals surface area contributed by atoms with Crippen molar-refractivity contribution in [1.82, 2.24) is 0 Å². The molecule has 0 atom stereocenters. The normalized spacial score (nSPS) is 10.8. The first kappa shape index (κ1) is 19.5. The number of benzene rings is 4. The van der Waals surface area contributed by atoms with Gasteiger partial charge in [-0.3, -0.25) is 5.01 Å². The van der Waals surface area contributed by atoms with Crippen molar-refractivity contribution in [1.29, 1.82) is 0 Å². The van der Waals surface area contributed by atoms with E-state index in [4.69, 9.17) is 5.10 Å². The van der Waals surface area contributed by atoms with Gasteiger partial charge in [0.25, 0.3) is 0 Å². The summed E-state index contributed by atoms with van der Waals surface area (Å²) < 4.78 is 0. The number of hydrogen-bond donors (Lipinski definition) is 0. The first-order valence-corrected chi connectivity index (χ1v) is 10.1. The highest BCUT2D eigenvalue weighted by atomic mass is 15.4. The lowest BCUT2D eigenvalue weighted by Crippen LogP contribution is -2.16. The molecule has 4 aromatic rings. The van der Waals surface area contributed by atoms with E-state index in [2.05, 4.69) is 96.9 Å². The van der Waals surface area contributed by atoms with Gasteiger partial charge in [0, 0.05) is 18.4 Å². The summed E-state index contributed by atoms with van der Waals surface area (Å²) in [7, 11) is 2.08. The monoisotopic (exact) mass is 391 g/mol. The Hall–Kier alpha value is -3.85. The van der Waals surface area contributed by atoms with E-state index in [1.54, 1.807) is 0 Å². The van der Waals surface area contributed by atoms with E-state index in [1.807, 2.05) is 41.6 Å². The maximum atomic E-state index is 4.79. The lowest BCUT2D eigenvalue weighted by atomic mass is 10.2. The molecule has 0 aliphatic rings. The van der Waals surface area contributed by atoms with Crippen molar-refractivity contribution in [2.45, 2.75) is 6.54 Å². The average Bonchev–Trinajstić information content (AvgIpc) is 2.83. The lowest BCUT2D eigenvalue weighted by Gasteiger charge is -2.20. The molecule has 0 N–H and O–H groups in total. The largest absolute Gasteiger partial charge is 0.345 e. The van der Waals surface area contributed by atoms with Gasteiger partial charge in [-0.05, 0) is 47.5 Å². The molecule has 0 bridgehead atoms. The molecule has 0 aliphatic heterocycles. The average molecular weight is 392 g/mol. The standard InChI is InChI=1S/C27H25N3/c1-29(25-13-7-3-8-14-25)26-19-17-23(18-20-26)21-28-30(27-15-9-4-10-16-27)22-24-11-5-2-6-12-24/h2-21H,22H2,1H3. The van der Waals surface area contributed by atoms with Gasteiger partial charge in [0.1, 0.15) is 0 Å². The van der Waals surface area contributed by atoms with Crippen molar-refractivity contribution < 1.29 is 0 Å². The number of anilines is 3. The van der Waals surface area contributed by atoms with Gasteiger partial charge >= 0.3 is 0 Å². The van der Waals surface area contributed by atoms with Gasteiger partial charge in [-0.2, -0.15) is 5.10 Å². The highest BCUT2D eigenvalue weighted by Gasteiger charge is 2.06. The molecular formula is C27H25N3. The minimum atomic E-state index is 0.718. The van der Waals surface area contributed by atoms with Crippen LogP contribution in [0.3, 0.4) is 0 Å². The molecule has 30 heavy (non-hydrogen) atoms. The second kappa shape index (κ2) is 9.57. The second-order valence-electron chi connectivity index (χ2n) is 7.11. The van der Waals surface area contributed by atoms with E-state index in [9.17, 15) is 0 Å². The maximum Gasteiger partial charge on any atom is 0.0666 e. The van der Waals surface area contributed by atoms with E-state index >= 15 is 0 Å². The predicted molar refractivity (Wildman–Crippen MR) is 128 cm³/mol. The first-order chi connectivity index (χ1) is 14.8. The molecule has 0 heterocycles. The van der Waals surface area contributed by atoms with E-state index in [-0.39, 0.29) is 0 Å². The summed E-state index contributed by atoms with van der Waals surface area (Å²) >= 11 is 0. The number of hydrogen-bond acceptors (Lipinski definition) is 3. The molecule has 0 radical (unpaired) electrons. The van der Waals surface area contributed by atoms with Crippen LogP contribution in [0.5, 0.6) is 0 Å². The second-order valence-corrected chi connectivity index (χ2v) is 7.11. The van der Waals surface area contributed by atoms with Gasteiger partial charge < -0.3 is 4.90 Å². The van der Waals surface area contributed by atoms with E-state index in [0.29, 0.717) is 0 Å². The van der Waals surface area contributed by atoms with Crippen molar-refractivity contribution in [2.75, 3.05) is 17.0 Å². The summed E-state index contributed by atoms with van der Waals surface area (Å²) in [6.45, 7) is 0.718. The molecule has 4 rings (SSSR count). The Morgan fingerprint density at radius 3 is 1.70 bits per heavy atom. The summed E-state index contributed by atoms with van der Waals surface area (Å²) in [5.41, 5.74) is 5.66. The molecule has 0 saturated heterocycles. The molecule has 3 heteroatoms. The topological polar surface area (TPSA) is 18.8 Å². The predicted octanol–water partition coefficient (Wildman–Crippen LogP) is 6.50. The molecule has 0 amide bonds. The Bertz CT molecular complexity index is 1060. The minimum Gasteiger partial charge on any atom is -0.345 e. The third-order valence-corrected chi connectivity index (χ3v) is 5.00. The van der Waals surface area contributed by atoms with Gasteiger partial charge in [-0.25, -0.2) is 0 Å². The summed E-state index contributed by atoms with van der Waals surface area (Å²) in [6.07, 6.45) is 1.92. The van der Waals surface area contributed by atoms with Gasteiger partial charge in [-0.15, -0.1) is 0 Å². The van der Waals surface area contributed by atoms with Crippen LogP contribution < -0.4 is 9.91 Å². The Morgan fingerprint density at radius 2 is 1.10 bits per heavy atom. The first-order valence-electron chi connectivity index (χ1n) is 10.1. The van der Waals surface area contributed by atoms with Crippen LogP contribution >= 0.6 is 0 Å². The Morgan fingerprint density at radius 1 is 0.600 bits per heavy atom. The molecular weight excluding hydrogens is 366 g/mol. The Kier molecular flexibility index (Phi) is 6.21. The van der Waals surface area contributed by atoms with Crippen molar-refractivity contribution in [3.8, 4) is 0 Å². The smallest absolute Gasteiger partial charge is 0.0666 e. The molecule has 0 fully saturated rings. The van der Waals surface area contributed by atoms with E-state index in [1.165, 1.54) is 5.56 Å². The molecule has 0 saturated carbocycles. The van der Waals surface area contributed by atoms with Gasteiger partial charge in [0.2, 0.25) is 0 Å². The van der Waals surface area contributed by atoms with Crippen LogP contribution in [0.1, 0.15) is 11.1 Å². The van der Waals surface area contributed by atoms with Crippen LogP contribution in [-0.4, -0.2) is 13.3 Å². The fourth-order valence-corrected chi connectivity index (χ4v) is 3.28. The minimum absolute atomic E-state index is 0.718.